The minimum Gasteiger partial charge on any atom is -0.483 e. The number of pyridine rings is 1. The maximum absolute atomic E-state index is 12.4. The largest absolute Gasteiger partial charge is 0.483 e. The van der Waals surface area contributed by atoms with Crippen LogP contribution in [0.25, 0.3) is 0 Å². The van der Waals surface area contributed by atoms with E-state index in [1.165, 1.54) is 11.8 Å². The standard InChI is InChI=1S/C24H30N6O3S/c1-5-30-21(28-29-24(30)34-15-23(32)27-20-8-6-7-11-25-20)13-26-22(31)14-33-19-12-17(4)9-10-18(19)16(2)3/h6-12,16H,5,13-15H2,1-4H3,(H,26,31)(H,25,27,32). The van der Waals surface area contributed by atoms with Crippen LogP contribution >= 0.6 is 11.8 Å². The van der Waals surface area contributed by atoms with E-state index in [0.29, 0.717) is 29.3 Å². The number of aromatic nitrogens is 4. The van der Waals surface area contributed by atoms with Crippen molar-refractivity contribution < 1.29 is 14.3 Å². The quantitative estimate of drug-likeness (QED) is 0.402. The van der Waals surface area contributed by atoms with E-state index in [1.54, 1.807) is 24.4 Å². The number of hydrogen-bond acceptors (Lipinski definition) is 7. The van der Waals surface area contributed by atoms with Crippen molar-refractivity contribution >= 4 is 29.4 Å². The van der Waals surface area contributed by atoms with Gasteiger partial charge in [0.2, 0.25) is 5.91 Å². The maximum atomic E-state index is 12.4. The summed E-state index contributed by atoms with van der Waals surface area (Å²) in [7, 11) is 0. The van der Waals surface area contributed by atoms with E-state index in [0.717, 1.165) is 16.9 Å². The molecule has 180 valence electrons. The number of ether oxygens (including phenoxy) is 1. The maximum Gasteiger partial charge on any atom is 0.258 e. The monoisotopic (exact) mass is 482 g/mol. The molecule has 3 rings (SSSR count). The smallest absolute Gasteiger partial charge is 0.258 e. The van der Waals surface area contributed by atoms with Gasteiger partial charge in [-0.3, -0.25) is 9.59 Å². The van der Waals surface area contributed by atoms with Crippen molar-refractivity contribution in [1.29, 1.82) is 0 Å². The molecule has 2 heterocycles. The number of rotatable bonds is 11. The number of thioether (sulfide) groups is 1. The molecule has 3 aromatic rings. The van der Waals surface area contributed by atoms with Gasteiger partial charge in [0.15, 0.2) is 17.6 Å². The molecule has 0 aliphatic heterocycles. The Morgan fingerprint density at radius 3 is 2.68 bits per heavy atom. The first kappa shape index (κ1) is 25.2. The number of carbonyl (C=O) groups is 2. The third kappa shape index (κ3) is 7.05. The molecule has 2 aromatic heterocycles. The highest BCUT2D eigenvalue weighted by Crippen LogP contribution is 2.27. The third-order valence-electron chi connectivity index (χ3n) is 4.97. The summed E-state index contributed by atoms with van der Waals surface area (Å²) < 4.78 is 7.67. The summed E-state index contributed by atoms with van der Waals surface area (Å²) >= 11 is 1.28. The lowest BCUT2D eigenvalue weighted by Gasteiger charge is -2.15. The van der Waals surface area contributed by atoms with Crippen LogP contribution in [0.2, 0.25) is 0 Å². The molecule has 0 saturated carbocycles. The van der Waals surface area contributed by atoms with Crippen molar-refractivity contribution in [2.24, 2.45) is 0 Å². The number of anilines is 1. The Labute approximate surface area is 203 Å². The molecular weight excluding hydrogens is 452 g/mol. The van der Waals surface area contributed by atoms with Gasteiger partial charge in [-0.05, 0) is 49.1 Å². The van der Waals surface area contributed by atoms with E-state index < -0.39 is 0 Å². The first-order valence-corrected chi connectivity index (χ1v) is 12.1. The van der Waals surface area contributed by atoms with Crippen LogP contribution in [0, 0.1) is 6.92 Å². The lowest BCUT2D eigenvalue weighted by Crippen LogP contribution is -2.29. The molecule has 0 saturated heterocycles. The Morgan fingerprint density at radius 1 is 1.15 bits per heavy atom. The fraction of sp³-hybridized carbons (Fsp3) is 0.375. The zero-order valence-electron chi connectivity index (χ0n) is 19.9. The van der Waals surface area contributed by atoms with Gasteiger partial charge in [0.25, 0.3) is 5.91 Å². The second-order valence-electron chi connectivity index (χ2n) is 7.96. The number of aryl methyl sites for hydroxylation is 1. The van der Waals surface area contributed by atoms with Gasteiger partial charge >= 0.3 is 0 Å². The van der Waals surface area contributed by atoms with Crippen molar-refractivity contribution in [3.05, 3.63) is 59.5 Å². The van der Waals surface area contributed by atoms with Crippen LogP contribution in [0.3, 0.4) is 0 Å². The second-order valence-corrected chi connectivity index (χ2v) is 8.90. The van der Waals surface area contributed by atoms with Gasteiger partial charge in [0, 0.05) is 12.7 Å². The average Bonchev–Trinajstić information content (AvgIpc) is 3.22. The number of nitrogens with zero attached hydrogens (tertiary/aromatic N) is 4. The average molecular weight is 483 g/mol. The second kappa shape index (κ2) is 12.2. The van der Waals surface area contributed by atoms with Gasteiger partial charge in [-0.25, -0.2) is 4.98 Å². The lowest BCUT2D eigenvalue weighted by molar-refractivity contribution is -0.123. The number of carbonyl (C=O) groups excluding carboxylic acids is 2. The summed E-state index contributed by atoms with van der Waals surface area (Å²) in [5.41, 5.74) is 2.15. The molecule has 2 N–H and O–H groups in total. The zero-order chi connectivity index (χ0) is 24.5. The van der Waals surface area contributed by atoms with Crippen molar-refractivity contribution in [3.8, 4) is 5.75 Å². The van der Waals surface area contributed by atoms with Gasteiger partial charge in [0.1, 0.15) is 11.6 Å². The summed E-state index contributed by atoms with van der Waals surface area (Å²) in [6.07, 6.45) is 1.62. The van der Waals surface area contributed by atoms with E-state index in [9.17, 15) is 9.59 Å². The van der Waals surface area contributed by atoms with Gasteiger partial charge in [-0.1, -0.05) is 43.8 Å². The van der Waals surface area contributed by atoms with Crippen molar-refractivity contribution in [1.82, 2.24) is 25.1 Å². The van der Waals surface area contributed by atoms with E-state index >= 15 is 0 Å². The normalized spacial score (nSPS) is 10.9. The van der Waals surface area contributed by atoms with E-state index in [1.807, 2.05) is 36.6 Å². The SMILES string of the molecule is CCn1c(CNC(=O)COc2cc(C)ccc2C(C)C)nnc1SCC(=O)Nc1ccccn1. The number of nitrogens with one attached hydrogen (secondary N) is 2. The topological polar surface area (TPSA) is 111 Å². The van der Waals surface area contributed by atoms with E-state index in [-0.39, 0.29) is 30.7 Å². The summed E-state index contributed by atoms with van der Waals surface area (Å²) in [5.74, 6) is 1.88. The van der Waals surface area contributed by atoms with Crippen LogP contribution in [0.1, 0.15) is 43.6 Å². The highest BCUT2D eigenvalue weighted by atomic mass is 32.2. The predicted octanol–water partition coefficient (Wildman–Crippen LogP) is 3.55. The molecule has 9 nitrogen and oxygen atoms in total. The van der Waals surface area contributed by atoms with Crippen LogP contribution in [0.15, 0.2) is 47.8 Å². The van der Waals surface area contributed by atoms with Gasteiger partial charge < -0.3 is 19.9 Å². The Morgan fingerprint density at radius 2 is 1.97 bits per heavy atom. The molecule has 1 aromatic carbocycles. The Bertz CT molecular complexity index is 1120. The van der Waals surface area contributed by atoms with Crippen molar-refractivity contribution in [2.45, 2.75) is 51.9 Å². The minimum absolute atomic E-state index is 0.0846. The molecule has 0 unspecified atom stereocenters. The van der Waals surface area contributed by atoms with E-state index in [4.69, 9.17) is 4.74 Å². The minimum atomic E-state index is -0.245. The van der Waals surface area contributed by atoms with Crippen LogP contribution in [0.5, 0.6) is 5.75 Å². The molecule has 0 spiro atoms. The highest BCUT2D eigenvalue weighted by molar-refractivity contribution is 7.99. The molecule has 34 heavy (non-hydrogen) atoms. The van der Waals surface area contributed by atoms with Crippen LogP contribution in [-0.2, 0) is 22.7 Å². The molecule has 0 fully saturated rings. The molecule has 2 amide bonds. The summed E-state index contributed by atoms with van der Waals surface area (Å²) in [4.78, 5) is 28.7. The molecule has 0 aliphatic carbocycles. The van der Waals surface area contributed by atoms with Gasteiger partial charge in [-0.15, -0.1) is 10.2 Å². The highest BCUT2D eigenvalue weighted by Gasteiger charge is 2.15. The lowest BCUT2D eigenvalue weighted by atomic mass is 10.0. The molecule has 0 atom stereocenters. The van der Waals surface area contributed by atoms with Crippen molar-refractivity contribution in [2.75, 3.05) is 17.7 Å². The van der Waals surface area contributed by atoms with Gasteiger partial charge in [-0.2, -0.15) is 0 Å². The Kier molecular flexibility index (Phi) is 9.03. The van der Waals surface area contributed by atoms with Crippen LogP contribution in [-0.4, -0.2) is 43.9 Å². The fourth-order valence-electron chi connectivity index (χ4n) is 3.24. The van der Waals surface area contributed by atoms with E-state index in [2.05, 4.69) is 39.7 Å². The number of hydrogen-bond donors (Lipinski definition) is 2. The first-order chi connectivity index (χ1) is 16.4. The molecule has 10 heteroatoms. The molecule has 0 bridgehead atoms. The molecular formula is C24H30N6O3S. The zero-order valence-corrected chi connectivity index (χ0v) is 20.7. The Hall–Kier alpha value is -3.40. The Balaban J connectivity index is 1.51. The third-order valence-corrected chi connectivity index (χ3v) is 5.93. The predicted molar refractivity (Wildman–Crippen MR) is 132 cm³/mol. The summed E-state index contributed by atoms with van der Waals surface area (Å²) in [6.45, 7) is 8.88. The summed E-state index contributed by atoms with van der Waals surface area (Å²) in [5, 5.41) is 14.5. The van der Waals surface area contributed by atoms with Gasteiger partial charge in [0.05, 0.1) is 12.3 Å². The number of benzene rings is 1. The molecule has 0 radical (unpaired) electrons. The van der Waals surface area contributed by atoms with Crippen molar-refractivity contribution in [3.63, 3.8) is 0 Å². The van der Waals surface area contributed by atoms with Crippen LogP contribution in [0.4, 0.5) is 5.82 Å². The fourth-order valence-corrected chi connectivity index (χ4v) is 4.06. The first-order valence-electron chi connectivity index (χ1n) is 11.1. The summed E-state index contributed by atoms with van der Waals surface area (Å²) in [6, 6.07) is 11.3. The van der Waals surface area contributed by atoms with Crippen LogP contribution < -0.4 is 15.4 Å². The number of amides is 2. The molecule has 0 aliphatic rings.